The Morgan fingerprint density at radius 1 is 1.35 bits per heavy atom. The van der Waals surface area contributed by atoms with Crippen LogP contribution in [-0.4, -0.2) is 50.2 Å². The molecule has 0 spiro atoms. The molecule has 2 heterocycles. The van der Waals surface area contributed by atoms with Gasteiger partial charge in [-0.1, -0.05) is 20.8 Å². The summed E-state index contributed by atoms with van der Waals surface area (Å²) in [5.41, 5.74) is 0.268. The number of aromatic nitrogens is 3. The molecule has 31 heavy (non-hydrogen) atoms. The maximum absolute atomic E-state index is 12.5. The molecule has 1 fully saturated rings. The molecule has 0 aromatic carbocycles. The summed E-state index contributed by atoms with van der Waals surface area (Å²) in [6.07, 6.45) is 5.27. The molecule has 170 valence electrons. The topological polar surface area (TPSA) is 129 Å². The van der Waals surface area contributed by atoms with E-state index in [1.54, 1.807) is 18.3 Å². The minimum Gasteiger partial charge on any atom is -0.393 e. The molecular formula is C22H33N5O4. The SMILES string of the molecule is CC(C)(C)CC(O)CC(=O)NC1CCC(CCNC(=O)c2cccn3c(=O)[nH]nc23)C1. The highest BCUT2D eigenvalue weighted by molar-refractivity contribution is 5.99. The molecule has 4 N–H and O–H groups in total. The summed E-state index contributed by atoms with van der Waals surface area (Å²) in [7, 11) is 0. The van der Waals surface area contributed by atoms with Gasteiger partial charge in [-0.25, -0.2) is 14.3 Å². The van der Waals surface area contributed by atoms with Crippen LogP contribution < -0.4 is 16.3 Å². The summed E-state index contributed by atoms with van der Waals surface area (Å²) in [4.78, 5) is 36.3. The van der Waals surface area contributed by atoms with Gasteiger partial charge in [-0.15, -0.1) is 0 Å². The molecule has 0 radical (unpaired) electrons. The summed E-state index contributed by atoms with van der Waals surface area (Å²) in [5.74, 6) is 0.0622. The van der Waals surface area contributed by atoms with Crippen LogP contribution in [0.4, 0.5) is 0 Å². The zero-order valence-corrected chi connectivity index (χ0v) is 18.5. The van der Waals surface area contributed by atoms with Gasteiger partial charge < -0.3 is 15.7 Å². The number of hydrogen-bond donors (Lipinski definition) is 4. The highest BCUT2D eigenvalue weighted by atomic mass is 16.3. The summed E-state index contributed by atoms with van der Waals surface area (Å²) in [6.45, 7) is 6.65. The van der Waals surface area contributed by atoms with E-state index >= 15 is 0 Å². The predicted octanol–water partition coefficient (Wildman–Crippen LogP) is 1.61. The van der Waals surface area contributed by atoms with Crippen molar-refractivity contribution in [3.63, 3.8) is 0 Å². The molecule has 2 aromatic heterocycles. The Labute approximate surface area is 181 Å². The fraction of sp³-hybridized carbons (Fsp3) is 0.636. The van der Waals surface area contributed by atoms with Crippen molar-refractivity contribution in [3.8, 4) is 0 Å². The van der Waals surface area contributed by atoms with Crippen LogP contribution in [0.15, 0.2) is 23.1 Å². The number of aliphatic hydroxyl groups is 1. The third kappa shape index (κ3) is 6.40. The molecule has 1 aliphatic rings. The quantitative estimate of drug-likeness (QED) is 0.505. The average Bonchev–Trinajstić information content (AvgIpc) is 3.26. The van der Waals surface area contributed by atoms with Gasteiger partial charge >= 0.3 is 5.69 Å². The van der Waals surface area contributed by atoms with E-state index in [2.05, 4.69) is 20.8 Å². The first-order valence-electron chi connectivity index (χ1n) is 10.9. The molecule has 3 atom stereocenters. The Kier molecular flexibility index (Phi) is 7.15. The van der Waals surface area contributed by atoms with Crippen molar-refractivity contribution < 1.29 is 14.7 Å². The lowest BCUT2D eigenvalue weighted by atomic mass is 9.88. The van der Waals surface area contributed by atoms with Gasteiger partial charge in [0.15, 0.2) is 5.65 Å². The second kappa shape index (κ2) is 9.64. The lowest BCUT2D eigenvalue weighted by Crippen LogP contribution is -2.35. The van der Waals surface area contributed by atoms with Crippen LogP contribution in [0.5, 0.6) is 0 Å². The number of nitrogens with one attached hydrogen (secondary N) is 3. The standard InChI is InChI=1S/C22H33N5O4/c1-22(2,3)13-16(28)12-18(29)24-15-7-6-14(11-15)8-9-23-20(30)17-5-4-10-27-19(17)25-26-21(27)31/h4-5,10,14-16,28H,6-9,11-13H2,1-3H3,(H,23,30)(H,24,29)(H,26,31). The number of aliphatic hydroxyl groups excluding tert-OH is 1. The Bertz CT molecular complexity index is 974. The predicted molar refractivity (Wildman–Crippen MR) is 117 cm³/mol. The van der Waals surface area contributed by atoms with Crippen LogP contribution in [0, 0.1) is 11.3 Å². The normalized spacial score (nSPS) is 20.0. The smallest absolute Gasteiger partial charge is 0.347 e. The molecule has 3 rings (SSSR count). The number of hydrogen-bond acceptors (Lipinski definition) is 5. The number of aromatic amines is 1. The van der Waals surface area contributed by atoms with E-state index in [0.29, 0.717) is 30.1 Å². The Hall–Kier alpha value is -2.68. The summed E-state index contributed by atoms with van der Waals surface area (Å²) in [6, 6.07) is 3.40. The monoisotopic (exact) mass is 431 g/mol. The average molecular weight is 432 g/mol. The fourth-order valence-electron chi connectivity index (χ4n) is 4.34. The Balaban J connectivity index is 1.40. The van der Waals surface area contributed by atoms with Crippen LogP contribution in [0.25, 0.3) is 5.65 Å². The molecule has 3 unspecified atom stereocenters. The zero-order valence-electron chi connectivity index (χ0n) is 18.5. The number of fused-ring (bicyclic) bond motifs is 1. The van der Waals surface area contributed by atoms with Gasteiger partial charge in [-0.3, -0.25) is 9.59 Å². The maximum atomic E-state index is 12.5. The van der Waals surface area contributed by atoms with Gasteiger partial charge in [0.05, 0.1) is 18.1 Å². The van der Waals surface area contributed by atoms with E-state index in [4.69, 9.17) is 0 Å². The number of pyridine rings is 1. The van der Waals surface area contributed by atoms with E-state index in [-0.39, 0.29) is 35.4 Å². The van der Waals surface area contributed by atoms with Crippen molar-refractivity contribution in [2.45, 2.75) is 71.4 Å². The lowest BCUT2D eigenvalue weighted by Gasteiger charge is -2.22. The van der Waals surface area contributed by atoms with Gasteiger partial charge in [0, 0.05) is 18.8 Å². The van der Waals surface area contributed by atoms with Crippen molar-refractivity contribution >= 4 is 17.5 Å². The first kappa shape index (κ1) is 23.0. The number of carbonyl (C=O) groups excluding carboxylic acids is 2. The van der Waals surface area contributed by atoms with Crippen LogP contribution >= 0.6 is 0 Å². The minimum atomic E-state index is -0.623. The third-order valence-corrected chi connectivity index (χ3v) is 5.70. The van der Waals surface area contributed by atoms with Crippen LogP contribution in [0.3, 0.4) is 0 Å². The molecule has 0 saturated heterocycles. The fourth-order valence-corrected chi connectivity index (χ4v) is 4.34. The summed E-state index contributed by atoms with van der Waals surface area (Å²) >= 11 is 0. The van der Waals surface area contributed by atoms with Crippen LogP contribution in [0.2, 0.25) is 0 Å². The van der Waals surface area contributed by atoms with Gasteiger partial charge in [0.1, 0.15) is 0 Å². The van der Waals surface area contributed by atoms with E-state index in [1.165, 1.54) is 4.40 Å². The Morgan fingerprint density at radius 2 is 2.13 bits per heavy atom. The van der Waals surface area contributed by atoms with Gasteiger partial charge in [-0.05, 0) is 55.6 Å². The maximum Gasteiger partial charge on any atom is 0.347 e. The first-order chi connectivity index (χ1) is 14.6. The minimum absolute atomic E-state index is 0.0127. The van der Waals surface area contributed by atoms with Gasteiger partial charge in [0.2, 0.25) is 5.91 Å². The summed E-state index contributed by atoms with van der Waals surface area (Å²) in [5, 5.41) is 22.3. The van der Waals surface area contributed by atoms with Crippen molar-refractivity contribution in [2.75, 3.05) is 6.54 Å². The third-order valence-electron chi connectivity index (χ3n) is 5.70. The van der Waals surface area contributed by atoms with Crippen LogP contribution in [0.1, 0.15) is 69.7 Å². The Morgan fingerprint density at radius 3 is 2.87 bits per heavy atom. The van der Waals surface area contributed by atoms with Crippen LogP contribution in [-0.2, 0) is 4.79 Å². The highest BCUT2D eigenvalue weighted by Gasteiger charge is 2.27. The van der Waals surface area contributed by atoms with Crippen molar-refractivity contribution in [1.29, 1.82) is 0 Å². The number of carbonyl (C=O) groups is 2. The molecule has 1 saturated carbocycles. The molecule has 0 bridgehead atoms. The number of H-pyrrole nitrogens is 1. The number of amides is 2. The van der Waals surface area contributed by atoms with Crippen molar-refractivity contribution in [3.05, 3.63) is 34.4 Å². The van der Waals surface area contributed by atoms with Gasteiger partial charge in [0.25, 0.3) is 5.91 Å². The van der Waals surface area contributed by atoms with E-state index in [0.717, 1.165) is 25.7 Å². The zero-order chi connectivity index (χ0) is 22.6. The number of nitrogens with zero attached hydrogens (tertiary/aromatic N) is 2. The summed E-state index contributed by atoms with van der Waals surface area (Å²) < 4.78 is 1.30. The van der Waals surface area contributed by atoms with Gasteiger partial charge in [-0.2, -0.15) is 5.10 Å². The number of rotatable bonds is 8. The first-order valence-corrected chi connectivity index (χ1v) is 10.9. The molecule has 0 aliphatic heterocycles. The van der Waals surface area contributed by atoms with E-state index < -0.39 is 6.10 Å². The second-order valence-corrected chi connectivity index (χ2v) is 9.76. The van der Waals surface area contributed by atoms with Crippen molar-refractivity contribution in [2.24, 2.45) is 11.3 Å². The molecule has 9 heteroatoms. The highest BCUT2D eigenvalue weighted by Crippen LogP contribution is 2.28. The molecule has 9 nitrogen and oxygen atoms in total. The molecule has 1 aliphatic carbocycles. The van der Waals surface area contributed by atoms with E-state index in [9.17, 15) is 19.5 Å². The van der Waals surface area contributed by atoms with E-state index in [1.807, 2.05) is 20.8 Å². The lowest BCUT2D eigenvalue weighted by molar-refractivity contribution is -0.124. The second-order valence-electron chi connectivity index (χ2n) is 9.76. The molecular weight excluding hydrogens is 398 g/mol. The van der Waals surface area contributed by atoms with Crippen molar-refractivity contribution in [1.82, 2.24) is 25.2 Å². The molecule has 2 aromatic rings. The molecule has 2 amide bonds. The largest absolute Gasteiger partial charge is 0.393 e.